The Bertz CT molecular complexity index is 1150. The van der Waals surface area contributed by atoms with Gasteiger partial charge in [-0.1, -0.05) is 48.5 Å². The van der Waals surface area contributed by atoms with Gasteiger partial charge in [-0.2, -0.15) is 0 Å². The summed E-state index contributed by atoms with van der Waals surface area (Å²) in [4.78, 5) is 13.7. The monoisotopic (exact) mass is 455 g/mol. The van der Waals surface area contributed by atoms with Crippen molar-refractivity contribution in [2.45, 2.75) is 13.0 Å². The largest absolute Gasteiger partial charge is 0.507 e. The lowest BCUT2D eigenvalue weighted by atomic mass is 9.97. The van der Waals surface area contributed by atoms with E-state index in [4.69, 9.17) is 4.74 Å². The highest BCUT2D eigenvalue weighted by atomic mass is 16.5. The summed E-state index contributed by atoms with van der Waals surface area (Å²) in [5.74, 6) is 1.16. The van der Waals surface area contributed by atoms with Gasteiger partial charge in [-0.15, -0.1) is 0 Å². The van der Waals surface area contributed by atoms with E-state index in [1.807, 2.05) is 79.8 Å². The molecule has 0 saturated heterocycles. The van der Waals surface area contributed by atoms with Crippen LogP contribution in [0.4, 0.5) is 5.69 Å². The van der Waals surface area contributed by atoms with Crippen LogP contribution in [-0.4, -0.2) is 30.2 Å². The molecule has 0 aliphatic carbocycles. The average Bonchev–Trinajstić information content (AvgIpc) is 2.89. The van der Waals surface area contributed by atoms with Crippen molar-refractivity contribution >= 4 is 12.1 Å². The minimum Gasteiger partial charge on any atom is -0.507 e. The van der Waals surface area contributed by atoms with Crippen molar-refractivity contribution in [3.63, 3.8) is 0 Å². The Morgan fingerprint density at radius 3 is 2.32 bits per heavy atom. The van der Waals surface area contributed by atoms with Crippen LogP contribution in [-0.2, 0) is 17.8 Å². The van der Waals surface area contributed by atoms with Crippen molar-refractivity contribution in [1.82, 2.24) is 10.3 Å². The predicted octanol–water partition coefficient (Wildman–Crippen LogP) is 5.05. The summed E-state index contributed by atoms with van der Waals surface area (Å²) < 4.78 is 5.84. The topological polar surface area (TPSA) is 83.5 Å². The van der Waals surface area contributed by atoms with Crippen molar-refractivity contribution in [1.29, 1.82) is 0 Å². The van der Waals surface area contributed by atoms with E-state index in [0.717, 1.165) is 40.1 Å². The minimum atomic E-state index is 0.300. The molecule has 0 bridgehead atoms. The van der Waals surface area contributed by atoms with E-state index in [0.29, 0.717) is 25.3 Å². The number of amides is 1. The first-order chi connectivity index (χ1) is 16.7. The van der Waals surface area contributed by atoms with Gasteiger partial charge in [0, 0.05) is 43.7 Å². The number of benzene rings is 3. The molecule has 0 fully saturated rings. The quantitative estimate of drug-likeness (QED) is 0.308. The first kappa shape index (κ1) is 24.3. The van der Waals surface area contributed by atoms with E-state index in [1.54, 1.807) is 18.5 Å². The van der Waals surface area contributed by atoms with E-state index in [1.165, 1.54) is 0 Å². The number of nitrogens with zero attached hydrogens (tertiary/aromatic N) is 1. The SMILES string of the molecule is CNc1ccc(OCCc2ccccc2-c2ccccc2O)cc1.O=CNCc1cccnc1. The molecule has 6 nitrogen and oxygen atoms in total. The molecule has 3 N–H and O–H groups in total. The molecule has 0 atom stereocenters. The minimum absolute atomic E-state index is 0.300. The molecule has 4 rings (SSSR count). The molecule has 0 aliphatic heterocycles. The van der Waals surface area contributed by atoms with Crippen molar-refractivity contribution in [2.75, 3.05) is 19.0 Å². The van der Waals surface area contributed by atoms with Crippen LogP contribution in [0, 0.1) is 0 Å². The van der Waals surface area contributed by atoms with Crippen molar-refractivity contribution in [2.24, 2.45) is 0 Å². The summed E-state index contributed by atoms with van der Waals surface area (Å²) in [5.41, 5.74) is 5.13. The molecular weight excluding hydrogens is 426 g/mol. The van der Waals surface area contributed by atoms with Crippen LogP contribution in [0.25, 0.3) is 11.1 Å². The van der Waals surface area contributed by atoms with Gasteiger partial charge in [-0.25, -0.2) is 0 Å². The summed E-state index contributed by atoms with van der Waals surface area (Å²) >= 11 is 0. The number of hydrogen-bond acceptors (Lipinski definition) is 5. The number of aromatic nitrogens is 1. The Morgan fingerprint density at radius 1 is 0.912 bits per heavy atom. The van der Waals surface area contributed by atoms with E-state index >= 15 is 0 Å². The number of pyridine rings is 1. The molecule has 1 aromatic heterocycles. The van der Waals surface area contributed by atoms with E-state index in [9.17, 15) is 9.90 Å². The standard InChI is InChI=1S/C21H21NO2.C7H8N2O/c1-22-17-10-12-18(13-11-17)24-15-14-16-6-2-3-7-19(16)20-8-4-5-9-21(20)23;10-6-9-5-7-2-1-3-8-4-7/h2-13,22-23H,14-15H2,1H3;1-4,6H,5H2,(H,9,10). The lowest BCUT2D eigenvalue weighted by Gasteiger charge is -2.12. The Hall–Kier alpha value is -4.32. The number of phenols is 1. The van der Waals surface area contributed by atoms with Gasteiger partial charge >= 0.3 is 0 Å². The molecule has 0 aliphatic rings. The van der Waals surface area contributed by atoms with Gasteiger partial charge in [0.1, 0.15) is 11.5 Å². The number of aromatic hydroxyl groups is 1. The average molecular weight is 456 g/mol. The number of phenolic OH excluding ortho intramolecular Hbond substituents is 1. The molecule has 1 heterocycles. The maximum atomic E-state index is 10.1. The Kier molecular flexibility index (Phi) is 9.50. The van der Waals surface area contributed by atoms with Gasteiger partial charge in [-0.3, -0.25) is 9.78 Å². The van der Waals surface area contributed by atoms with E-state index < -0.39 is 0 Å². The number of anilines is 1. The fourth-order valence-electron chi connectivity index (χ4n) is 3.36. The third kappa shape index (κ3) is 7.38. The summed E-state index contributed by atoms with van der Waals surface area (Å²) in [6, 6.07) is 27.2. The first-order valence-corrected chi connectivity index (χ1v) is 11.0. The highest BCUT2D eigenvalue weighted by molar-refractivity contribution is 5.73. The predicted molar refractivity (Wildman–Crippen MR) is 136 cm³/mol. The smallest absolute Gasteiger partial charge is 0.207 e. The Balaban J connectivity index is 0.000000271. The number of rotatable bonds is 9. The van der Waals surface area contributed by atoms with Crippen molar-refractivity contribution in [3.05, 3.63) is 108 Å². The van der Waals surface area contributed by atoms with Gasteiger partial charge in [0.15, 0.2) is 0 Å². The Labute approximate surface area is 200 Å². The maximum absolute atomic E-state index is 10.1. The van der Waals surface area contributed by atoms with Gasteiger partial charge in [0.25, 0.3) is 0 Å². The maximum Gasteiger partial charge on any atom is 0.207 e. The van der Waals surface area contributed by atoms with Crippen LogP contribution < -0.4 is 15.4 Å². The molecule has 3 aromatic carbocycles. The third-order valence-corrected chi connectivity index (χ3v) is 5.11. The summed E-state index contributed by atoms with van der Waals surface area (Å²) in [6.45, 7) is 1.14. The molecule has 174 valence electrons. The number of nitrogens with one attached hydrogen (secondary N) is 2. The molecule has 4 aromatic rings. The normalized spacial score (nSPS) is 9.91. The third-order valence-electron chi connectivity index (χ3n) is 5.11. The van der Waals surface area contributed by atoms with Crippen LogP contribution in [0.2, 0.25) is 0 Å². The number of ether oxygens (including phenoxy) is 1. The van der Waals surface area contributed by atoms with Crippen molar-refractivity contribution in [3.8, 4) is 22.6 Å². The summed E-state index contributed by atoms with van der Waals surface area (Å²) in [5, 5.41) is 15.7. The lowest BCUT2D eigenvalue weighted by molar-refractivity contribution is -0.109. The van der Waals surface area contributed by atoms with Crippen LogP contribution in [0.1, 0.15) is 11.1 Å². The lowest BCUT2D eigenvalue weighted by Crippen LogP contribution is -2.09. The first-order valence-electron chi connectivity index (χ1n) is 11.0. The fourth-order valence-corrected chi connectivity index (χ4v) is 3.36. The zero-order valence-electron chi connectivity index (χ0n) is 19.1. The highest BCUT2D eigenvalue weighted by Crippen LogP contribution is 2.31. The summed E-state index contributed by atoms with van der Waals surface area (Å²) in [7, 11) is 1.89. The zero-order valence-corrected chi connectivity index (χ0v) is 19.1. The van der Waals surface area contributed by atoms with Crippen LogP contribution in [0.5, 0.6) is 11.5 Å². The molecule has 6 heteroatoms. The molecular formula is C28H29N3O3. The zero-order chi connectivity index (χ0) is 24.0. The van der Waals surface area contributed by atoms with Gasteiger partial charge in [0.05, 0.1) is 6.61 Å². The number of hydrogen-bond donors (Lipinski definition) is 3. The Morgan fingerprint density at radius 2 is 1.65 bits per heavy atom. The summed E-state index contributed by atoms with van der Waals surface area (Å²) in [6.07, 6.45) is 4.87. The van der Waals surface area contributed by atoms with Crippen LogP contribution in [0.15, 0.2) is 97.3 Å². The molecule has 0 saturated carbocycles. The van der Waals surface area contributed by atoms with Gasteiger partial charge < -0.3 is 20.5 Å². The number of para-hydroxylation sites is 1. The number of carbonyl (C=O) groups excluding carboxylic acids is 1. The molecule has 0 unspecified atom stereocenters. The molecule has 0 radical (unpaired) electrons. The molecule has 34 heavy (non-hydrogen) atoms. The highest BCUT2D eigenvalue weighted by Gasteiger charge is 2.08. The fraction of sp³-hybridized carbons (Fsp3) is 0.143. The van der Waals surface area contributed by atoms with Crippen LogP contribution >= 0.6 is 0 Å². The second-order valence-corrected chi connectivity index (χ2v) is 7.41. The van der Waals surface area contributed by atoms with Gasteiger partial charge in [-0.05, 0) is 53.1 Å². The second kappa shape index (κ2) is 13.3. The second-order valence-electron chi connectivity index (χ2n) is 7.41. The van der Waals surface area contributed by atoms with Crippen LogP contribution in [0.3, 0.4) is 0 Å². The molecule has 1 amide bonds. The molecule has 0 spiro atoms. The van der Waals surface area contributed by atoms with E-state index in [2.05, 4.69) is 21.7 Å². The van der Waals surface area contributed by atoms with Crippen molar-refractivity contribution < 1.29 is 14.6 Å². The van der Waals surface area contributed by atoms with E-state index in [-0.39, 0.29) is 0 Å². The van der Waals surface area contributed by atoms with Gasteiger partial charge in [0.2, 0.25) is 6.41 Å². The number of carbonyl (C=O) groups is 1.